The number of hydrogen-bond acceptors (Lipinski definition) is 4. The number of carboxylic acids is 1. The lowest BCUT2D eigenvalue weighted by Crippen LogP contribution is -2.19. The Morgan fingerprint density at radius 1 is 1.67 bits per heavy atom. The molecule has 0 saturated carbocycles. The van der Waals surface area contributed by atoms with E-state index in [9.17, 15) is 4.79 Å². The molecule has 0 saturated heterocycles. The third kappa shape index (κ3) is 2.09. The molecule has 1 unspecified atom stereocenters. The van der Waals surface area contributed by atoms with E-state index in [-0.39, 0.29) is 6.42 Å². The molecule has 0 fully saturated rings. The fourth-order valence-electron chi connectivity index (χ4n) is 1.21. The Labute approximate surface area is 99.1 Å². The molecule has 15 heavy (non-hydrogen) atoms. The lowest BCUT2D eigenvalue weighted by atomic mass is 10.1. The van der Waals surface area contributed by atoms with E-state index in [1.165, 1.54) is 11.3 Å². The molecule has 1 aromatic rings. The summed E-state index contributed by atoms with van der Waals surface area (Å²) < 4.78 is 1.03. The van der Waals surface area contributed by atoms with Crippen LogP contribution in [0.1, 0.15) is 12.0 Å². The minimum Gasteiger partial charge on any atom is -0.478 e. The molecule has 1 aliphatic heterocycles. The van der Waals surface area contributed by atoms with Gasteiger partial charge in [0.15, 0.2) is 0 Å². The van der Waals surface area contributed by atoms with Gasteiger partial charge in [-0.2, -0.15) is 0 Å². The van der Waals surface area contributed by atoms with Gasteiger partial charge in [-0.1, -0.05) is 28.4 Å². The highest BCUT2D eigenvalue weighted by molar-refractivity contribution is 7.20. The van der Waals surface area contributed by atoms with Gasteiger partial charge in [0.25, 0.3) is 0 Å². The number of carbonyl (C=O) groups is 1. The Balaban J connectivity index is 2.21. The zero-order chi connectivity index (χ0) is 11.0. The van der Waals surface area contributed by atoms with Crippen LogP contribution in [-0.2, 0) is 9.63 Å². The van der Waals surface area contributed by atoms with Crippen LogP contribution in [0, 0.1) is 0 Å². The average Bonchev–Trinajstić information content (AvgIpc) is 2.71. The van der Waals surface area contributed by atoms with Crippen LogP contribution >= 0.6 is 34.5 Å². The number of carboxylic acid groups (broad SMARTS) is 1. The highest BCUT2D eigenvalue weighted by Crippen LogP contribution is 2.33. The van der Waals surface area contributed by atoms with Gasteiger partial charge in [0, 0.05) is 12.0 Å². The molecule has 2 heterocycles. The number of hydrogen-bond donors (Lipinski definition) is 1. The van der Waals surface area contributed by atoms with Crippen molar-refractivity contribution in [2.75, 3.05) is 0 Å². The smallest absolute Gasteiger partial charge is 0.348 e. The summed E-state index contributed by atoms with van der Waals surface area (Å²) in [6, 6.07) is 1.65. The maximum Gasteiger partial charge on any atom is 0.348 e. The van der Waals surface area contributed by atoms with Gasteiger partial charge < -0.3 is 9.94 Å². The van der Waals surface area contributed by atoms with Gasteiger partial charge in [-0.3, -0.25) is 0 Å². The predicted octanol–water partition coefficient (Wildman–Crippen LogP) is 2.63. The van der Waals surface area contributed by atoms with Gasteiger partial charge >= 0.3 is 5.97 Å². The topological polar surface area (TPSA) is 58.9 Å². The summed E-state index contributed by atoms with van der Waals surface area (Å²) in [6.07, 6.45) is -0.711. The van der Waals surface area contributed by atoms with E-state index in [1.54, 1.807) is 6.07 Å². The molecule has 1 atom stereocenters. The largest absolute Gasteiger partial charge is 0.478 e. The quantitative estimate of drug-likeness (QED) is 0.895. The van der Waals surface area contributed by atoms with Gasteiger partial charge in [-0.25, -0.2) is 4.79 Å². The van der Waals surface area contributed by atoms with Crippen molar-refractivity contribution in [1.82, 2.24) is 0 Å². The number of halogens is 2. The van der Waals surface area contributed by atoms with Gasteiger partial charge in [-0.05, 0) is 6.07 Å². The minimum absolute atomic E-state index is 0.210. The van der Waals surface area contributed by atoms with Crippen LogP contribution in [0.4, 0.5) is 0 Å². The van der Waals surface area contributed by atoms with Crippen molar-refractivity contribution >= 4 is 46.2 Å². The summed E-state index contributed by atoms with van der Waals surface area (Å²) in [4.78, 5) is 15.4. The van der Waals surface area contributed by atoms with Crippen LogP contribution in [0.2, 0.25) is 8.67 Å². The Morgan fingerprint density at radius 2 is 2.40 bits per heavy atom. The summed E-state index contributed by atoms with van der Waals surface area (Å²) in [7, 11) is 0. The Hall–Kier alpha value is -0.780. The molecule has 7 heteroatoms. The number of rotatable bonds is 2. The third-order valence-corrected chi connectivity index (χ3v) is 3.40. The maximum atomic E-state index is 10.6. The number of nitrogens with zero attached hydrogens (tertiary/aromatic N) is 1. The SMILES string of the molecule is O=C(O)C1CC(c2cc(Cl)sc2Cl)=NO1. The van der Waals surface area contributed by atoms with E-state index in [0.717, 1.165) is 0 Å². The van der Waals surface area contributed by atoms with Gasteiger partial charge in [0.2, 0.25) is 6.10 Å². The second kappa shape index (κ2) is 4.00. The van der Waals surface area contributed by atoms with E-state index < -0.39 is 12.1 Å². The Morgan fingerprint density at radius 3 is 2.87 bits per heavy atom. The predicted molar refractivity (Wildman–Crippen MR) is 58.0 cm³/mol. The van der Waals surface area contributed by atoms with E-state index in [4.69, 9.17) is 33.1 Å². The molecule has 1 N–H and O–H groups in total. The van der Waals surface area contributed by atoms with Crippen LogP contribution in [0.15, 0.2) is 11.2 Å². The zero-order valence-electron chi connectivity index (χ0n) is 7.24. The fraction of sp³-hybridized carbons (Fsp3) is 0.250. The first kappa shape index (κ1) is 10.7. The van der Waals surface area contributed by atoms with Crippen LogP contribution in [0.5, 0.6) is 0 Å². The second-order valence-electron chi connectivity index (χ2n) is 2.91. The first-order chi connectivity index (χ1) is 7.08. The lowest BCUT2D eigenvalue weighted by molar-refractivity contribution is -0.148. The van der Waals surface area contributed by atoms with Crippen molar-refractivity contribution in [3.8, 4) is 0 Å². The summed E-state index contributed by atoms with van der Waals surface area (Å²) in [5, 5.41) is 12.4. The zero-order valence-corrected chi connectivity index (χ0v) is 9.57. The van der Waals surface area contributed by atoms with Crippen LogP contribution in [-0.4, -0.2) is 22.9 Å². The average molecular weight is 266 g/mol. The monoisotopic (exact) mass is 265 g/mol. The van der Waals surface area contributed by atoms with Crippen LogP contribution in [0.3, 0.4) is 0 Å². The van der Waals surface area contributed by atoms with E-state index >= 15 is 0 Å². The maximum absolute atomic E-state index is 10.6. The number of thiophene rings is 1. The molecule has 4 nitrogen and oxygen atoms in total. The summed E-state index contributed by atoms with van der Waals surface area (Å²) >= 11 is 12.9. The van der Waals surface area contributed by atoms with Gasteiger partial charge in [0.05, 0.1) is 10.0 Å². The first-order valence-corrected chi connectivity index (χ1v) is 5.56. The number of oxime groups is 1. The molecule has 0 aliphatic carbocycles. The molecule has 0 spiro atoms. The van der Waals surface area contributed by atoms with Crippen molar-refractivity contribution in [3.05, 3.63) is 20.3 Å². The van der Waals surface area contributed by atoms with Gasteiger partial charge in [0.1, 0.15) is 4.34 Å². The Kier molecular flexibility index (Phi) is 2.86. The number of aliphatic carboxylic acids is 1. The summed E-state index contributed by atoms with van der Waals surface area (Å²) in [6.45, 7) is 0. The van der Waals surface area contributed by atoms with Crippen LogP contribution in [0.25, 0.3) is 0 Å². The molecule has 0 bridgehead atoms. The van der Waals surface area contributed by atoms with Crippen molar-refractivity contribution in [3.63, 3.8) is 0 Å². The van der Waals surface area contributed by atoms with Crippen molar-refractivity contribution < 1.29 is 14.7 Å². The van der Waals surface area contributed by atoms with Crippen molar-refractivity contribution in [1.29, 1.82) is 0 Å². The molecule has 2 rings (SSSR count). The molecule has 0 radical (unpaired) electrons. The normalized spacial score (nSPS) is 19.9. The second-order valence-corrected chi connectivity index (χ2v) is 5.20. The molecular formula is C8H5Cl2NO3S. The molecule has 0 amide bonds. The highest BCUT2D eigenvalue weighted by atomic mass is 35.5. The third-order valence-electron chi connectivity index (χ3n) is 1.91. The standard InChI is InChI=1S/C8H5Cl2NO3S/c9-6-1-3(7(10)15-6)4-2-5(8(12)13)14-11-4/h1,5H,2H2,(H,12,13). The summed E-state index contributed by atoms with van der Waals surface area (Å²) in [5.74, 6) is -1.04. The minimum atomic E-state index is -1.04. The Bertz CT molecular complexity index is 443. The fourth-order valence-corrected chi connectivity index (χ4v) is 2.71. The molecule has 80 valence electrons. The van der Waals surface area contributed by atoms with E-state index in [1.807, 2.05) is 0 Å². The highest BCUT2D eigenvalue weighted by Gasteiger charge is 2.29. The summed E-state index contributed by atoms with van der Waals surface area (Å²) in [5.41, 5.74) is 1.17. The van der Waals surface area contributed by atoms with Crippen LogP contribution < -0.4 is 0 Å². The first-order valence-electron chi connectivity index (χ1n) is 3.98. The van der Waals surface area contributed by atoms with E-state index in [0.29, 0.717) is 19.9 Å². The van der Waals surface area contributed by atoms with Gasteiger partial charge in [-0.15, -0.1) is 11.3 Å². The molecule has 1 aromatic heterocycles. The molecule has 1 aliphatic rings. The molecule has 0 aromatic carbocycles. The molecular weight excluding hydrogens is 261 g/mol. The van der Waals surface area contributed by atoms with Crippen molar-refractivity contribution in [2.24, 2.45) is 5.16 Å². The lowest BCUT2D eigenvalue weighted by Gasteiger charge is -1.99. The van der Waals surface area contributed by atoms with Crippen molar-refractivity contribution in [2.45, 2.75) is 12.5 Å². The van der Waals surface area contributed by atoms with E-state index in [2.05, 4.69) is 5.16 Å².